The largest absolute Gasteiger partial charge is 0.376 e. The molecular formula is C17H21N5O2. The van der Waals surface area contributed by atoms with E-state index >= 15 is 0 Å². The summed E-state index contributed by atoms with van der Waals surface area (Å²) in [7, 11) is 0. The van der Waals surface area contributed by atoms with Gasteiger partial charge in [-0.3, -0.25) is 4.98 Å². The van der Waals surface area contributed by atoms with Crippen molar-refractivity contribution in [2.45, 2.75) is 39.5 Å². The Bertz CT molecular complexity index is 770. The molecule has 0 saturated heterocycles. The quantitative estimate of drug-likeness (QED) is 0.915. The number of carbonyl (C=O) groups is 1. The van der Waals surface area contributed by atoms with Crippen LogP contribution < -0.4 is 5.32 Å². The van der Waals surface area contributed by atoms with Crippen molar-refractivity contribution < 1.29 is 9.53 Å². The maximum atomic E-state index is 12.5. The number of amides is 2. The molecule has 24 heavy (non-hydrogen) atoms. The summed E-state index contributed by atoms with van der Waals surface area (Å²) in [5.41, 5.74) is 5.08. The van der Waals surface area contributed by atoms with Crippen LogP contribution in [0.2, 0.25) is 0 Å². The molecule has 7 heteroatoms. The van der Waals surface area contributed by atoms with Crippen LogP contribution in [0.25, 0.3) is 0 Å². The van der Waals surface area contributed by atoms with Gasteiger partial charge in [-0.2, -0.15) is 0 Å². The van der Waals surface area contributed by atoms with Gasteiger partial charge >= 0.3 is 6.03 Å². The van der Waals surface area contributed by atoms with E-state index in [9.17, 15) is 4.79 Å². The van der Waals surface area contributed by atoms with Gasteiger partial charge in [-0.25, -0.2) is 9.78 Å². The van der Waals surface area contributed by atoms with Crippen LogP contribution in [0.3, 0.4) is 0 Å². The molecule has 2 aliphatic heterocycles. The van der Waals surface area contributed by atoms with E-state index in [4.69, 9.17) is 4.74 Å². The van der Waals surface area contributed by atoms with Crippen LogP contribution in [0, 0.1) is 0 Å². The Morgan fingerprint density at radius 3 is 3.12 bits per heavy atom. The highest BCUT2D eigenvalue weighted by atomic mass is 16.5. The lowest BCUT2D eigenvalue weighted by Crippen LogP contribution is -2.39. The molecule has 1 N–H and O–H groups in total. The molecule has 4 rings (SSSR count). The smallest absolute Gasteiger partial charge is 0.322 e. The van der Waals surface area contributed by atoms with Gasteiger partial charge in [0.1, 0.15) is 0 Å². The molecule has 2 amide bonds. The molecule has 0 fully saturated rings. The van der Waals surface area contributed by atoms with Crippen molar-refractivity contribution in [1.29, 1.82) is 0 Å². The molecule has 0 unspecified atom stereocenters. The van der Waals surface area contributed by atoms with E-state index in [0.717, 1.165) is 36.3 Å². The average Bonchev–Trinajstić information content (AvgIpc) is 3.04. The maximum Gasteiger partial charge on any atom is 0.322 e. The normalized spacial score (nSPS) is 16.5. The van der Waals surface area contributed by atoms with Crippen molar-refractivity contribution in [1.82, 2.24) is 19.4 Å². The summed E-state index contributed by atoms with van der Waals surface area (Å²) in [4.78, 5) is 23.2. The molecule has 0 atom stereocenters. The highest BCUT2D eigenvalue weighted by Gasteiger charge is 2.24. The van der Waals surface area contributed by atoms with Crippen LogP contribution in [0.1, 0.15) is 29.6 Å². The zero-order valence-electron chi connectivity index (χ0n) is 13.8. The highest BCUT2D eigenvalue weighted by molar-refractivity contribution is 5.89. The monoisotopic (exact) mass is 327 g/mol. The molecular weight excluding hydrogens is 306 g/mol. The number of aryl methyl sites for hydroxylation is 1. The van der Waals surface area contributed by atoms with Gasteiger partial charge < -0.3 is 19.5 Å². The molecule has 2 aromatic heterocycles. The maximum absolute atomic E-state index is 12.5. The van der Waals surface area contributed by atoms with Crippen molar-refractivity contribution in [2.24, 2.45) is 0 Å². The number of imidazole rings is 1. The molecule has 126 valence electrons. The van der Waals surface area contributed by atoms with Crippen molar-refractivity contribution in [3.63, 3.8) is 0 Å². The van der Waals surface area contributed by atoms with Crippen LogP contribution in [0.4, 0.5) is 10.5 Å². The average molecular weight is 327 g/mol. The number of pyridine rings is 1. The molecule has 0 radical (unpaired) electrons. The van der Waals surface area contributed by atoms with Gasteiger partial charge in [-0.05, 0) is 13.0 Å². The Labute approximate surface area is 140 Å². The van der Waals surface area contributed by atoms with E-state index < -0.39 is 0 Å². The topological polar surface area (TPSA) is 72.3 Å². The van der Waals surface area contributed by atoms with Crippen molar-refractivity contribution in [3.05, 3.63) is 41.2 Å². The lowest BCUT2D eigenvalue weighted by Gasteiger charge is -2.27. The van der Waals surface area contributed by atoms with Gasteiger partial charge in [0.05, 0.1) is 43.7 Å². The minimum atomic E-state index is -0.106. The summed E-state index contributed by atoms with van der Waals surface area (Å²) in [6.45, 7) is 5.55. The summed E-state index contributed by atoms with van der Waals surface area (Å²) in [5, 5.41) is 2.95. The second kappa shape index (κ2) is 6.24. The van der Waals surface area contributed by atoms with Crippen molar-refractivity contribution >= 4 is 11.7 Å². The molecule has 0 spiro atoms. The summed E-state index contributed by atoms with van der Waals surface area (Å²) in [5.74, 6) is 0. The number of ether oxygens (including phenoxy) is 1. The minimum absolute atomic E-state index is 0.106. The fraction of sp³-hybridized carbons (Fsp3) is 0.471. The summed E-state index contributed by atoms with van der Waals surface area (Å²) < 4.78 is 7.60. The standard InChI is InChI=1S/C17H21N5O2/c1-2-21-11-19-15-9-22(5-3-16(15)21)17(23)20-13-7-12-10-24-6-4-14(12)18-8-13/h7-8,11H,2-6,9-10H2,1H3,(H,20,23). The van der Waals surface area contributed by atoms with E-state index in [-0.39, 0.29) is 6.03 Å². The fourth-order valence-electron chi connectivity index (χ4n) is 3.33. The first-order chi connectivity index (χ1) is 11.7. The third kappa shape index (κ3) is 2.75. The predicted octanol–water partition coefficient (Wildman–Crippen LogP) is 1.96. The lowest BCUT2D eigenvalue weighted by atomic mass is 10.1. The van der Waals surface area contributed by atoms with E-state index in [1.165, 1.54) is 5.69 Å². The van der Waals surface area contributed by atoms with E-state index in [1.54, 1.807) is 11.1 Å². The van der Waals surface area contributed by atoms with Crippen LogP contribution in [-0.4, -0.2) is 38.6 Å². The van der Waals surface area contributed by atoms with Gasteiger partial charge in [0.15, 0.2) is 0 Å². The number of rotatable bonds is 2. The number of aromatic nitrogens is 3. The van der Waals surface area contributed by atoms with Gasteiger partial charge in [-0.15, -0.1) is 0 Å². The van der Waals surface area contributed by atoms with E-state index in [0.29, 0.717) is 32.0 Å². The number of fused-ring (bicyclic) bond motifs is 2. The van der Waals surface area contributed by atoms with Crippen LogP contribution >= 0.6 is 0 Å². The molecule has 0 bridgehead atoms. The van der Waals surface area contributed by atoms with Crippen LogP contribution in [-0.2, 0) is 37.3 Å². The Morgan fingerprint density at radius 2 is 2.25 bits per heavy atom. The minimum Gasteiger partial charge on any atom is -0.376 e. The predicted molar refractivity (Wildman–Crippen MR) is 88.6 cm³/mol. The molecule has 0 aromatic carbocycles. The second-order valence-electron chi connectivity index (χ2n) is 6.16. The lowest BCUT2D eigenvalue weighted by molar-refractivity contribution is 0.109. The molecule has 0 saturated carbocycles. The van der Waals surface area contributed by atoms with Gasteiger partial charge in [0.25, 0.3) is 0 Å². The summed E-state index contributed by atoms with van der Waals surface area (Å²) in [6, 6.07) is 1.85. The SMILES string of the molecule is CCn1cnc2c1CCN(C(=O)Nc1cnc3c(c1)COCC3)C2. The first-order valence-corrected chi connectivity index (χ1v) is 8.39. The Morgan fingerprint density at radius 1 is 1.33 bits per heavy atom. The van der Waals surface area contributed by atoms with Gasteiger partial charge in [0.2, 0.25) is 0 Å². The molecule has 0 aliphatic carbocycles. The van der Waals surface area contributed by atoms with Crippen LogP contribution in [0.5, 0.6) is 0 Å². The number of hydrogen-bond acceptors (Lipinski definition) is 4. The van der Waals surface area contributed by atoms with Gasteiger partial charge in [0, 0.05) is 42.9 Å². The molecule has 4 heterocycles. The first kappa shape index (κ1) is 15.1. The van der Waals surface area contributed by atoms with Gasteiger partial charge in [-0.1, -0.05) is 0 Å². The first-order valence-electron chi connectivity index (χ1n) is 8.39. The number of carbonyl (C=O) groups excluding carboxylic acids is 1. The third-order valence-electron chi connectivity index (χ3n) is 4.67. The number of hydrogen-bond donors (Lipinski definition) is 1. The van der Waals surface area contributed by atoms with Crippen molar-refractivity contribution in [3.8, 4) is 0 Å². The number of nitrogens with zero attached hydrogens (tertiary/aromatic N) is 4. The Kier molecular flexibility index (Phi) is 3.93. The zero-order valence-corrected chi connectivity index (χ0v) is 13.8. The van der Waals surface area contributed by atoms with Crippen LogP contribution in [0.15, 0.2) is 18.6 Å². The summed E-state index contributed by atoms with van der Waals surface area (Å²) >= 11 is 0. The van der Waals surface area contributed by atoms with E-state index in [1.807, 2.05) is 12.4 Å². The number of nitrogens with one attached hydrogen (secondary N) is 1. The third-order valence-corrected chi connectivity index (χ3v) is 4.67. The zero-order chi connectivity index (χ0) is 16.5. The summed E-state index contributed by atoms with van der Waals surface area (Å²) in [6.07, 6.45) is 5.26. The molecule has 7 nitrogen and oxygen atoms in total. The fourth-order valence-corrected chi connectivity index (χ4v) is 3.33. The van der Waals surface area contributed by atoms with E-state index in [2.05, 4.69) is 26.8 Å². The Hall–Kier alpha value is -2.41. The highest BCUT2D eigenvalue weighted by Crippen LogP contribution is 2.21. The molecule has 2 aliphatic rings. The Balaban J connectivity index is 1.45. The molecule has 2 aromatic rings. The number of urea groups is 1. The number of anilines is 1. The second-order valence-corrected chi connectivity index (χ2v) is 6.16. The van der Waals surface area contributed by atoms with Crippen molar-refractivity contribution in [2.75, 3.05) is 18.5 Å².